The van der Waals surface area contributed by atoms with E-state index in [2.05, 4.69) is 19.2 Å². The fourth-order valence-electron chi connectivity index (χ4n) is 1.84. The summed E-state index contributed by atoms with van der Waals surface area (Å²) in [6, 6.07) is 7.88. The van der Waals surface area contributed by atoms with E-state index in [-0.39, 0.29) is 6.03 Å². The zero-order valence-corrected chi connectivity index (χ0v) is 11.7. The van der Waals surface area contributed by atoms with Crippen molar-refractivity contribution in [3.05, 3.63) is 29.8 Å². The molecule has 3 heteroatoms. The van der Waals surface area contributed by atoms with Crippen LogP contribution in [0.1, 0.15) is 38.7 Å². The number of aryl methyl sites for hydroxylation is 1. The van der Waals surface area contributed by atoms with Crippen LogP contribution in [0.3, 0.4) is 0 Å². The molecule has 0 unspecified atom stereocenters. The van der Waals surface area contributed by atoms with E-state index in [0.717, 1.165) is 43.6 Å². The molecular weight excluding hydrogens is 224 g/mol. The fourth-order valence-corrected chi connectivity index (χ4v) is 1.84. The first-order valence-corrected chi connectivity index (χ1v) is 6.80. The molecule has 0 bridgehead atoms. The zero-order chi connectivity index (χ0) is 13.4. The largest absolute Gasteiger partial charge is 0.325 e. The lowest BCUT2D eigenvalue weighted by atomic mass is 10.2. The van der Waals surface area contributed by atoms with Crippen molar-refractivity contribution in [1.29, 1.82) is 0 Å². The summed E-state index contributed by atoms with van der Waals surface area (Å²) in [5, 5.41) is 2.99. The van der Waals surface area contributed by atoms with Gasteiger partial charge in [-0.3, -0.25) is 0 Å². The van der Waals surface area contributed by atoms with E-state index in [4.69, 9.17) is 0 Å². The number of carbonyl (C=O) groups excluding carboxylic acids is 1. The van der Waals surface area contributed by atoms with Gasteiger partial charge >= 0.3 is 6.03 Å². The van der Waals surface area contributed by atoms with Gasteiger partial charge in [-0.05, 0) is 31.4 Å². The predicted molar refractivity (Wildman–Crippen MR) is 77.0 cm³/mol. The van der Waals surface area contributed by atoms with Gasteiger partial charge in [0.25, 0.3) is 0 Å². The third kappa shape index (κ3) is 4.40. The van der Waals surface area contributed by atoms with Crippen molar-refractivity contribution in [2.24, 2.45) is 0 Å². The Kier molecular flexibility index (Phi) is 6.26. The summed E-state index contributed by atoms with van der Waals surface area (Å²) >= 11 is 0. The minimum absolute atomic E-state index is 0.0135. The van der Waals surface area contributed by atoms with E-state index < -0.39 is 0 Å². The van der Waals surface area contributed by atoms with Crippen molar-refractivity contribution >= 4 is 11.7 Å². The summed E-state index contributed by atoms with van der Waals surface area (Å²) in [5.41, 5.74) is 2.00. The third-order valence-corrected chi connectivity index (χ3v) is 2.95. The molecule has 0 radical (unpaired) electrons. The molecule has 3 nitrogen and oxygen atoms in total. The summed E-state index contributed by atoms with van der Waals surface area (Å²) in [4.78, 5) is 14.1. The number of benzene rings is 1. The Bertz CT molecular complexity index is 377. The lowest BCUT2D eigenvalue weighted by molar-refractivity contribution is 0.211. The van der Waals surface area contributed by atoms with Gasteiger partial charge in [-0.25, -0.2) is 4.79 Å². The molecule has 18 heavy (non-hydrogen) atoms. The number of rotatable bonds is 6. The van der Waals surface area contributed by atoms with Gasteiger partial charge in [0, 0.05) is 18.8 Å². The second-order valence-electron chi connectivity index (χ2n) is 4.59. The minimum Gasteiger partial charge on any atom is -0.325 e. The normalized spacial score (nSPS) is 10.2. The highest BCUT2D eigenvalue weighted by molar-refractivity contribution is 5.90. The predicted octanol–water partition coefficient (Wildman–Crippen LogP) is 4.04. The number of unbranched alkanes of at least 4 members (excludes halogenated alkanes) is 1. The van der Waals surface area contributed by atoms with Crippen molar-refractivity contribution in [3.63, 3.8) is 0 Å². The minimum atomic E-state index is 0.0135. The Morgan fingerprint density at radius 1 is 1.17 bits per heavy atom. The Hall–Kier alpha value is -1.51. The highest BCUT2D eigenvalue weighted by atomic mass is 16.2. The van der Waals surface area contributed by atoms with E-state index in [1.54, 1.807) is 0 Å². The molecule has 0 heterocycles. The molecule has 1 N–H and O–H groups in total. The molecule has 1 aromatic carbocycles. The Labute approximate surface area is 110 Å². The standard InChI is InChI=1S/C15H24N2O/c1-4-6-12-17(11-5-2)15(18)16-14-10-8-7-9-13(14)3/h7-10H,4-6,11-12H2,1-3H3,(H,16,18). The molecule has 0 saturated heterocycles. The number of nitrogens with zero attached hydrogens (tertiary/aromatic N) is 1. The van der Waals surface area contributed by atoms with Gasteiger partial charge in [0.15, 0.2) is 0 Å². The fraction of sp³-hybridized carbons (Fsp3) is 0.533. The van der Waals surface area contributed by atoms with Gasteiger partial charge in [-0.1, -0.05) is 38.5 Å². The van der Waals surface area contributed by atoms with E-state index in [1.807, 2.05) is 36.1 Å². The van der Waals surface area contributed by atoms with Gasteiger partial charge < -0.3 is 10.2 Å². The number of hydrogen-bond acceptors (Lipinski definition) is 1. The molecule has 1 aromatic rings. The Morgan fingerprint density at radius 3 is 2.50 bits per heavy atom. The smallest absolute Gasteiger partial charge is 0.321 e. The van der Waals surface area contributed by atoms with Crippen LogP contribution in [0.5, 0.6) is 0 Å². The molecule has 0 aliphatic heterocycles. The average Bonchev–Trinajstić information content (AvgIpc) is 2.37. The first-order chi connectivity index (χ1) is 8.69. The van der Waals surface area contributed by atoms with Crippen LogP contribution >= 0.6 is 0 Å². The highest BCUT2D eigenvalue weighted by Crippen LogP contribution is 2.14. The quantitative estimate of drug-likeness (QED) is 0.809. The van der Waals surface area contributed by atoms with Crippen LogP contribution in [0.25, 0.3) is 0 Å². The first-order valence-electron chi connectivity index (χ1n) is 6.80. The van der Waals surface area contributed by atoms with Gasteiger partial charge in [0.2, 0.25) is 0 Å². The molecule has 0 aromatic heterocycles. The lowest BCUT2D eigenvalue weighted by Crippen LogP contribution is -2.36. The monoisotopic (exact) mass is 248 g/mol. The molecule has 0 saturated carbocycles. The number of amides is 2. The van der Waals surface area contributed by atoms with E-state index in [0.29, 0.717) is 0 Å². The van der Waals surface area contributed by atoms with Gasteiger partial charge in [0.1, 0.15) is 0 Å². The summed E-state index contributed by atoms with van der Waals surface area (Å²) in [6.45, 7) is 7.90. The Balaban J connectivity index is 2.63. The third-order valence-electron chi connectivity index (χ3n) is 2.95. The number of nitrogens with one attached hydrogen (secondary N) is 1. The van der Waals surface area contributed by atoms with Crippen molar-refractivity contribution in [2.75, 3.05) is 18.4 Å². The van der Waals surface area contributed by atoms with Crippen LogP contribution in [0.4, 0.5) is 10.5 Å². The molecule has 0 atom stereocenters. The number of para-hydroxylation sites is 1. The molecule has 0 spiro atoms. The summed E-state index contributed by atoms with van der Waals surface area (Å²) in [5.74, 6) is 0. The maximum Gasteiger partial charge on any atom is 0.321 e. The molecule has 0 aliphatic carbocycles. The molecule has 0 aliphatic rings. The summed E-state index contributed by atoms with van der Waals surface area (Å²) in [6.07, 6.45) is 3.16. The van der Waals surface area contributed by atoms with Crippen molar-refractivity contribution in [1.82, 2.24) is 4.90 Å². The molecule has 100 valence electrons. The van der Waals surface area contributed by atoms with E-state index in [1.165, 1.54) is 0 Å². The van der Waals surface area contributed by atoms with Crippen LogP contribution in [0.15, 0.2) is 24.3 Å². The second kappa shape index (κ2) is 7.75. The topological polar surface area (TPSA) is 32.3 Å². The van der Waals surface area contributed by atoms with E-state index >= 15 is 0 Å². The highest BCUT2D eigenvalue weighted by Gasteiger charge is 2.12. The number of carbonyl (C=O) groups is 1. The van der Waals surface area contributed by atoms with Crippen LogP contribution in [0, 0.1) is 6.92 Å². The zero-order valence-electron chi connectivity index (χ0n) is 11.7. The SMILES string of the molecule is CCCCN(CCC)C(=O)Nc1ccccc1C. The number of hydrogen-bond donors (Lipinski definition) is 1. The molecule has 0 fully saturated rings. The van der Waals surface area contributed by atoms with Gasteiger partial charge in [0.05, 0.1) is 0 Å². The Morgan fingerprint density at radius 2 is 1.89 bits per heavy atom. The second-order valence-corrected chi connectivity index (χ2v) is 4.59. The van der Waals surface area contributed by atoms with E-state index in [9.17, 15) is 4.79 Å². The number of anilines is 1. The molecular formula is C15H24N2O. The average molecular weight is 248 g/mol. The lowest BCUT2D eigenvalue weighted by Gasteiger charge is -2.22. The van der Waals surface area contributed by atoms with Gasteiger partial charge in [-0.15, -0.1) is 0 Å². The molecule has 2 amide bonds. The molecule has 1 rings (SSSR count). The van der Waals surface area contributed by atoms with Gasteiger partial charge in [-0.2, -0.15) is 0 Å². The maximum atomic E-state index is 12.2. The van der Waals surface area contributed by atoms with Crippen LogP contribution < -0.4 is 5.32 Å². The van der Waals surface area contributed by atoms with Crippen LogP contribution in [-0.2, 0) is 0 Å². The van der Waals surface area contributed by atoms with Crippen LogP contribution in [-0.4, -0.2) is 24.0 Å². The number of urea groups is 1. The van der Waals surface area contributed by atoms with Crippen molar-refractivity contribution in [2.45, 2.75) is 40.0 Å². The van der Waals surface area contributed by atoms with Crippen molar-refractivity contribution < 1.29 is 4.79 Å². The van der Waals surface area contributed by atoms with Crippen LogP contribution in [0.2, 0.25) is 0 Å². The summed E-state index contributed by atoms with van der Waals surface area (Å²) < 4.78 is 0. The maximum absolute atomic E-state index is 12.2. The first kappa shape index (κ1) is 14.6. The summed E-state index contributed by atoms with van der Waals surface area (Å²) in [7, 11) is 0. The van der Waals surface area contributed by atoms with Crippen molar-refractivity contribution in [3.8, 4) is 0 Å².